The van der Waals surface area contributed by atoms with E-state index in [1.807, 2.05) is 48.3 Å². The molecule has 0 spiro atoms. The van der Waals surface area contributed by atoms with E-state index in [4.69, 9.17) is 0 Å². The highest BCUT2D eigenvalue weighted by Gasteiger charge is 2.08. The molecular weight excluding hydrogens is 264 g/mol. The van der Waals surface area contributed by atoms with Crippen molar-refractivity contribution in [1.29, 1.82) is 0 Å². The summed E-state index contributed by atoms with van der Waals surface area (Å²) in [4.78, 5) is 16.5. The van der Waals surface area contributed by atoms with E-state index in [1.54, 1.807) is 0 Å². The van der Waals surface area contributed by atoms with Gasteiger partial charge in [0.1, 0.15) is 11.3 Å². The minimum atomic E-state index is -0.0533. The van der Waals surface area contributed by atoms with E-state index in [0.717, 1.165) is 23.5 Å². The second kappa shape index (κ2) is 5.44. The summed E-state index contributed by atoms with van der Waals surface area (Å²) in [7, 11) is 1.86. The standard InChI is InChI=1S/C16H18N4O/c1-12-5-3-7-15-18-13(11-20(12)15)8-9-17-16(21)14-6-4-10-19(14)2/h3-7,10-11H,8-9H2,1-2H3,(H,17,21). The zero-order chi connectivity index (χ0) is 14.8. The van der Waals surface area contributed by atoms with E-state index in [9.17, 15) is 4.79 Å². The molecule has 1 N–H and O–H groups in total. The Hall–Kier alpha value is -2.56. The lowest BCUT2D eigenvalue weighted by molar-refractivity contribution is 0.0946. The minimum Gasteiger partial charge on any atom is -0.350 e. The normalized spacial score (nSPS) is 11.0. The lowest BCUT2D eigenvalue weighted by atomic mass is 10.3. The van der Waals surface area contributed by atoms with E-state index in [2.05, 4.69) is 27.7 Å². The van der Waals surface area contributed by atoms with Crippen molar-refractivity contribution < 1.29 is 4.79 Å². The number of imidazole rings is 1. The number of aryl methyl sites for hydroxylation is 2. The zero-order valence-electron chi connectivity index (χ0n) is 12.2. The fraction of sp³-hybridized carbons (Fsp3) is 0.250. The first-order valence-electron chi connectivity index (χ1n) is 6.98. The number of pyridine rings is 1. The van der Waals surface area contributed by atoms with Gasteiger partial charge in [-0.15, -0.1) is 0 Å². The Morgan fingerprint density at radius 1 is 1.29 bits per heavy atom. The Kier molecular flexibility index (Phi) is 3.48. The second-order valence-corrected chi connectivity index (χ2v) is 5.14. The number of fused-ring (bicyclic) bond motifs is 1. The third-order valence-corrected chi connectivity index (χ3v) is 3.59. The largest absolute Gasteiger partial charge is 0.350 e. The van der Waals surface area contributed by atoms with Crippen LogP contribution in [0.4, 0.5) is 0 Å². The molecule has 5 heteroatoms. The lowest BCUT2D eigenvalue weighted by Crippen LogP contribution is -2.27. The monoisotopic (exact) mass is 282 g/mol. The molecule has 0 saturated carbocycles. The van der Waals surface area contributed by atoms with Crippen LogP contribution in [0.5, 0.6) is 0 Å². The second-order valence-electron chi connectivity index (χ2n) is 5.14. The molecule has 0 unspecified atom stereocenters. The van der Waals surface area contributed by atoms with Crippen LogP contribution in [0.1, 0.15) is 21.9 Å². The molecule has 108 valence electrons. The van der Waals surface area contributed by atoms with E-state index in [-0.39, 0.29) is 5.91 Å². The number of aromatic nitrogens is 3. The molecule has 0 saturated heterocycles. The molecule has 1 amide bonds. The maximum atomic E-state index is 12.0. The smallest absolute Gasteiger partial charge is 0.267 e. The number of carbonyl (C=O) groups is 1. The Morgan fingerprint density at radius 2 is 2.14 bits per heavy atom. The number of amides is 1. The number of nitrogens with zero attached hydrogens (tertiary/aromatic N) is 3. The van der Waals surface area contributed by atoms with Gasteiger partial charge in [-0.1, -0.05) is 6.07 Å². The first-order valence-corrected chi connectivity index (χ1v) is 6.98. The van der Waals surface area contributed by atoms with Gasteiger partial charge < -0.3 is 14.3 Å². The van der Waals surface area contributed by atoms with Crippen molar-refractivity contribution in [2.75, 3.05) is 6.54 Å². The zero-order valence-corrected chi connectivity index (χ0v) is 12.2. The molecule has 0 aliphatic carbocycles. The summed E-state index contributed by atoms with van der Waals surface area (Å²) in [5, 5.41) is 2.92. The van der Waals surface area contributed by atoms with Crippen LogP contribution < -0.4 is 5.32 Å². The molecule has 3 aromatic rings. The van der Waals surface area contributed by atoms with Crippen molar-refractivity contribution in [3.63, 3.8) is 0 Å². The van der Waals surface area contributed by atoms with Gasteiger partial charge in [0.15, 0.2) is 0 Å². The van der Waals surface area contributed by atoms with E-state index >= 15 is 0 Å². The molecule has 3 aromatic heterocycles. The number of hydrogen-bond acceptors (Lipinski definition) is 2. The molecule has 0 aliphatic heterocycles. The fourth-order valence-corrected chi connectivity index (χ4v) is 2.41. The molecule has 0 atom stereocenters. The van der Waals surface area contributed by atoms with Crippen molar-refractivity contribution in [3.05, 3.63) is 59.8 Å². The van der Waals surface area contributed by atoms with Gasteiger partial charge in [0.25, 0.3) is 5.91 Å². The summed E-state index contributed by atoms with van der Waals surface area (Å²) in [6.45, 7) is 2.63. The number of hydrogen-bond donors (Lipinski definition) is 1. The number of nitrogens with one attached hydrogen (secondary N) is 1. The van der Waals surface area contributed by atoms with E-state index in [1.165, 1.54) is 0 Å². The average Bonchev–Trinajstić information content (AvgIpc) is 3.05. The van der Waals surface area contributed by atoms with Crippen molar-refractivity contribution in [1.82, 2.24) is 19.3 Å². The summed E-state index contributed by atoms with van der Waals surface area (Å²) in [5.41, 5.74) is 3.75. The van der Waals surface area contributed by atoms with Crippen LogP contribution in [0.2, 0.25) is 0 Å². The van der Waals surface area contributed by atoms with Crippen LogP contribution in [0, 0.1) is 6.92 Å². The summed E-state index contributed by atoms with van der Waals surface area (Å²) < 4.78 is 3.87. The van der Waals surface area contributed by atoms with Gasteiger partial charge in [0.05, 0.1) is 5.69 Å². The van der Waals surface area contributed by atoms with Crippen LogP contribution in [0.15, 0.2) is 42.7 Å². The predicted molar refractivity (Wildman–Crippen MR) is 81.4 cm³/mol. The molecule has 0 aliphatic rings. The maximum absolute atomic E-state index is 12.0. The van der Waals surface area contributed by atoms with Crippen molar-refractivity contribution in [2.24, 2.45) is 7.05 Å². The third-order valence-electron chi connectivity index (χ3n) is 3.59. The quantitative estimate of drug-likeness (QED) is 0.795. The van der Waals surface area contributed by atoms with E-state index < -0.39 is 0 Å². The first-order chi connectivity index (χ1) is 10.1. The highest BCUT2D eigenvalue weighted by atomic mass is 16.1. The van der Waals surface area contributed by atoms with Crippen molar-refractivity contribution in [3.8, 4) is 0 Å². The van der Waals surface area contributed by atoms with Crippen LogP contribution in [-0.2, 0) is 13.5 Å². The molecular formula is C16H18N4O. The van der Waals surface area contributed by atoms with Crippen molar-refractivity contribution >= 4 is 11.6 Å². The van der Waals surface area contributed by atoms with Crippen LogP contribution >= 0.6 is 0 Å². The Labute approximate surface area is 123 Å². The summed E-state index contributed by atoms with van der Waals surface area (Å²) in [6, 6.07) is 9.71. The van der Waals surface area contributed by atoms with Gasteiger partial charge in [0.2, 0.25) is 0 Å². The molecule has 5 nitrogen and oxygen atoms in total. The maximum Gasteiger partial charge on any atom is 0.267 e. The van der Waals surface area contributed by atoms with Crippen LogP contribution in [0.3, 0.4) is 0 Å². The lowest BCUT2D eigenvalue weighted by Gasteiger charge is -2.04. The van der Waals surface area contributed by atoms with Gasteiger partial charge in [-0.05, 0) is 31.2 Å². The summed E-state index contributed by atoms with van der Waals surface area (Å²) in [5.74, 6) is -0.0533. The molecule has 0 aromatic carbocycles. The number of carbonyl (C=O) groups excluding carboxylic acids is 1. The predicted octanol–water partition coefficient (Wildman–Crippen LogP) is 1.95. The molecule has 0 fully saturated rings. The van der Waals surface area contributed by atoms with Gasteiger partial charge in [-0.3, -0.25) is 4.79 Å². The number of rotatable bonds is 4. The van der Waals surface area contributed by atoms with Gasteiger partial charge in [-0.25, -0.2) is 4.98 Å². The average molecular weight is 282 g/mol. The van der Waals surface area contributed by atoms with Crippen LogP contribution in [-0.4, -0.2) is 26.4 Å². The van der Waals surface area contributed by atoms with E-state index in [0.29, 0.717) is 12.2 Å². The summed E-state index contributed by atoms with van der Waals surface area (Å²) in [6.07, 6.45) is 4.61. The van der Waals surface area contributed by atoms with Gasteiger partial charge in [-0.2, -0.15) is 0 Å². The van der Waals surface area contributed by atoms with Gasteiger partial charge >= 0.3 is 0 Å². The SMILES string of the molecule is Cc1cccc2nc(CCNC(=O)c3cccn3C)cn12. The third kappa shape index (κ3) is 2.67. The minimum absolute atomic E-state index is 0.0533. The highest BCUT2D eigenvalue weighted by Crippen LogP contribution is 2.08. The molecule has 3 heterocycles. The highest BCUT2D eigenvalue weighted by molar-refractivity contribution is 5.92. The van der Waals surface area contributed by atoms with Gasteiger partial charge in [0, 0.05) is 38.1 Å². The molecule has 0 radical (unpaired) electrons. The molecule has 3 rings (SSSR count). The Morgan fingerprint density at radius 3 is 2.86 bits per heavy atom. The first kappa shape index (κ1) is 13.4. The molecule has 0 bridgehead atoms. The Balaban J connectivity index is 1.63. The molecule has 21 heavy (non-hydrogen) atoms. The topological polar surface area (TPSA) is 51.3 Å². The Bertz CT molecular complexity index is 785. The van der Waals surface area contributed by atoms with Crippen LogP contribution in [0.25, 0.3) is 5.65 Å². The fourth-order valence-electron chi connectivity index (χ4n) is 2.41. The summed E-state index contributed by atoms with van der Waals surface area (Å²) >= 11 is 0. The van der Waals surface area contributed by atoms with Crippen molar-refractivity contribution in [2.45, 2.75) is 13.3 Å².